The molecule has 1 spiro atoms. The first-order valence-corrected chi connectivity index (χ1v) is 10.5. The first kappa shape index (κ1) is 19.4. The highest BCUT2D eigenvalue weighted by Gasteiger charge is 2.57. The summed E-state index contributed by atoms with van der Waals surface area (Å²) in [6, 6.07) is -0.279. The van der Waals surface area contributed by atoms with E-state index in [4.69, 9.17) is 11.6 Å². The fourth-order valence-corrected chi connectivity index (χ4v) is 6.25. The van der Waals surface area contributed by atoms with E-state index in [2.05, 4.69) is 4.99 Å². The molecule has 3 aliphatic heterocycles. The molecular formula is C22H20ClFN2O4. The Labute approximate surface area is 177 Å². The van der Waals surface area contributed by atoms with Crippen molar-refractivity contribution in [3.63, 3.8) is 0 Å². The molecular weight excluding hydrogens is 411 g/mol. The summed E-state index contributed by atoms with van der Waals surface area (Å²) in [5.74, 6) is -3.59. The van der Waals surface area contributed by atoms with E-state index in [1.165, 1.54) is 12.3 Å². The number of carbonyl (C=O) groups is 3. The number of ketones is 1. The minimum absolute atomic E-state index is 0.00304. The molecule has 2 aliphatic carbocycles. The minimum Gasteiger partial charge on any atom is -0.481 e. The second kappa shape index (κ2) is 6.74. The lowest BCUT2D eigenvalue weighted by Gasteiger charge is -2.44. The quantitative estimate of drug-likeness (QED) is 0.692. The zero-order chi connectivity index (χ0) is 21.2. The van der Waals surface area contributed by atoms with E-state index in [1.807, 2.05) is 0 Å². The van der Waals surface area contributed by atoms with Gasteiger partial charge in [-0.15, -0.1) is 0 Å². The Hall–Kier alpha value is -2.54. The van der Waals surface area contributed by atoms with Crippen LogP contribution in [-0.2, 0) is 14.4 Å². The van der Waals surface area contributed by atoms with E-state index in [0.717, 1.165) is 31.8 Å². The molecule has 0 aromatic carbocycles. The third-order valence-electron chi connectivity index (χ3n) is 7.08. The largest absolute Gasteiger partial charge is 0.481 e. The highest BCUT2D eigenvalue weighted by atomic mass is 35.5. The number of allylic oxidation sites excluding steroid dienone is 6. The van der Waals surface area contributed by atoms with Crippen molar-refractivity contribution >= 4 is 35.5 Å². The lowest BCUT2D eigenvalue weighted by atomic mass is 9.69. The van der Waals surface area contributed by atoms with E-state index < -0.39 is 23.5 Å². The normalized spacial score (nSPS) is 32.4. The van der Waals surface area contributed by atoms with E-state index in [9.17, 15) is 23.9 Å². The third-order valence-corrected chi connectivity index (χ3v) is 7.36. The van der Waals surface area contributed by atoms with E-state index >= 15 is 0 Å². The van der Waals surface area contributed by atoms with Crippen LogP contribution in [0.5, 0.6) is 0 Å². The van der Waals surface area contributed by atoms with Gasteiger partial charge in [0.1, 0.15) is 5.83 Å². The Bertz CT molecular complexity index is 1050. The summed E-state index contributed by atoms with van der Waals surface area (Å²) < 4.78 is 14.8. The van der Waals surface area contributed by atoms with Crippen molar-refractivity contribution in [2.75, 3.05) is 13.1 Å². The number of fused-ring (bicyclic) bond motifs is 5. The number of halogens is 2. The van der Waals surface area contributed by atoms with Gasteiger partial charge < -0.3 is 10.0 Å². The van der Waals surface area contributed by atoms with Crippen LogP contribution in [0, 0.1) is 11.3 Å². The van der Waals surface area contributed by atoms with Gasteiger partial charge in [-0.3, -0.25) is 19.4 Å². The van der Waals surface area contributed by atoms with Crippen molar-refractivity contribution in [2.45, 2.75) is 38.1 Å². The maximum absolute atomic E-state index is 14.8. The SMILES string of the molecule is O=C1C=C(F)/C2=C(\Cl)C=NCC3=C(C2=C1)C(C(=O)O)CN1C(=O)CC2(CCCC2)C31. The lowest BCUT2D eigenvalue weighted by molar-refractivity contribution is -0.142. The number of carboxylic acid groups (broad SMARTS) is 1. The van der Waals surface area contributed by atoms with Gasteiger partial charge in [-0.25, -0.2) is 4.39 Å². The topological polar surface area (TPSA) is 87.0 Å². The average molecular weight is 431 g/mol. The molecule has 2 unspecified atom stereocenters. The van der Waals surface area contributed by atoms with E-state index in [-0.39, 0.29) is 46.6 Å². The summed E-state index contributed by atoms with van der Waals surface area (Å²) in [6.07, 6.45) is 7.65. The van der Waals surface area contributed by atoms with Crippen LogP contribution in [0.2, 0.25) is 0 Å². The van der Waals surface area contributed by atoms with Gasteiger partial charge in [0.2, 0.25) is 5.91 Å². The number of aliphatic imine (C=N–C) groups is 1. The molecule has 3 heterocycles. The van der Waals surface area contributed by atoms with E-state index in [1.54, 1.807) is 4.90 Å². The van der Waals surface area contributed by atoms with Gasteiger partial charge in [-0.1, -0.05) is 24.4 Å². The van der Waals surface area contributed by atoms with Crippen molar-refractivity contribution in [1.29, 1.82) is 0 Å². The molecule has 156 valence electrons. The summed E-state index contributed by atoms with van der Waals surface area (Å²) in [5, 5.41) is 10.0. The Kier molecular flexibility index (Phi) is 4.36. The lowest BCUT2D eigenvalue weighted by Crippen LogP contribution is -2.50. The van der Waals surface area contributed by atoms with Crippen molar-refractivity contribution in [3.05, 3.63) is 45.3 Å². The summed E-state index contributed by atoms with van der Waals surface area (Å²) in [5.41, 5.74) is 1.05. The van der Waals surface area contributed by atoms with Crippen LogP contribution >= 0.6 is 11.6 Å². The van der Waals surface area contributed by atoms with Crippen molar-refractivity contribution < 1.29 is 23.9 Å². The molecule has 2 atom stereocenters. The molecule has 30 heavy (non-hydrogen) atoms. The Morgan fingerprint density at radius 1 is 1.27 bits per heavy atom. The number of hydrogen-bond acceptors (Lipinski definition) is 4. The fraction of sp³-hybridized carbons (Fsp3) is 0.455. The molecule has 0 aromatic heterocycles. The van der Waals surface area contributed by atoms with Gasteiger partial charge in [-0.2, -0.15) is 0 Å². The van der Waals surface area contributed by atoms with Gasteiger partial charge in [0.05, 0.1) is 23.5 Å². The fourth-order valence-electron chi connectivity index (χ4n) is 5.99. The number of amides is 1. The van der Waals surface area contributed by atoms with Crippen molar-refractivity contribution in [1.82, 2.24) is 4.90 Å². The van der Waals surface area contributed by atoms with Gasteiger partial charge >= 0.3 is 5.97 Å². The summed E-state index contributed by atoms with van der Waals surface area (Å²) in [7, 11) is 0. The van der Waals surface area contributed by atoms with Gasteiger partial charge in [0.25, 0.3) is 0 Å². The molecule has 0 radical (unpaired) electrons. The smallest absolute Gasteiger partial charge is 0.312 e. The second-order valence-corrected chi connectivity index (χ2v) is 9.08. The molecule has 1 amide bonds. The average Bonchev–Trinajstić information content (AvgIpc) is 3.24. The van der Waals surface area contributed by atoms with Crippen LogP contribution < -0.4 is 0 Å². The highest BCUT2D eigenvalue weighted by Crippen LogP contribution is 2.56. The molecule has 0 bridgehead atoms. The van der Waals surface area contributed by atoms with Crippen LogP contribution in [0.15, 0.2) is 50.3 Å². The Balaban J connectivity index is 1.79. The predicted molar refractivity (Wildman–Crippen MR) is 108 cm³/mol. The molecule has 8 heteroatoms. The first-order chi connectivity index (χ1) is 14.3. The zero-order valence-electron chi connectivity index (χ0n) is 16.2. The van der Waals surface area contributed by atoms with Crippen LogP contribution in [0.3, 0.4) is 0 Å². The third kappa shape index (κ3) is 2.68. The van der Waals surface area contributed by atoms with Gasteiger partial charge in [-0.05, 0) is 35.6 Å². The van der Waals surface area contributed by atoms with Crippen LogP contribution in [0.4, 0.5) is 4.39 Å². The maximum atomic E-state index is 14.8. The van der Waals surface area contributed by atoms with Crippen molar-refractivity contribution in [3.8, 4) is 0 Å². The minimum atomic E-state index is -1.12. The van der Waals surface area contributed by atoms with Gasteiger partial charge in [0.15, 0.2) is 5.78 Å². The highest BCUT2D eigenvalue weighted by molar-refractivity contribution is 6.40. The zero-order valence-corrected chi connectivity index (χ0v) is 16.9. The molecule has 5 aliphatic rings. The molecule has 1 saturated carbocycles. The Morgan fingerprint density at radius 3 is 2.70 bits per heavy atom. The number of hydrogen-bond donors (Lipinski definition) is 1. The molecule has 1 N–H and O–H groups in total. The number of nitrogens with zero attached hydrogens (tertiary/aromatic N) is 2. The van der Waals surface area contributed by atoms with Crippen LogP contribution in [-0.4, -0.2) is 53.0 Å². The summed E-state index contributed by atoms with van der Waals surface area (Å²) >= 11 is 6.29. The number of aliphatic carboxylic acids is 1. The summed E-state index contributed by atoms with van der Waals surface area (Å²) in [4.78, 5) is 43.4. The Morgan fingerprint density at radius 2 is 2.00 bits per heavy atom. The number of rotatable bonds is 1. The predicted octanol–water partition coefficient (Wildman–Crippen LogP) is 3.10. The standard InChI is InChI=1S/C22H20ClFN2O4/c23-15-9-25-8-13-18(12-5-11(27)6-16(24)19(12)15)14(21(29)30)10-26-17(28)7-22(20(13)26)3-1-2-4-22/h5-6,9,14,20H,1-4,7-8,10H2,(H,29,30)/b19-15-,25-9?. The van der Waals surface area contributed by atoms with Crippen LogP contribution in [0.1, 0.15) is 32.1 Å². The van der Waals surface area contributed by atoms with Crippen molar-refractivity contribution in [2.24, 2.45) is 16.3 Å². The maximum Gasteiger partial charge on any atom is 0.312 e. The van der Waals surface area contributed by atoms with Crippen LogP contribution in [0.25, 0.3) is 0 Å². The summed E-state index contributed by atoms with van der Waals surface area (Å²) in [6.45, 7) is 0.167. The molecule has 0 aromatic rings. The monoisotopic (exact) mass is 430 g/mol. The molecule has 6 nitrogen and oxygen atoms in total. The van der Waals surface area contributed by atoms with Gasteiger partial charge in [0, 0.05) is 36.2 Å². The second-order valence-electron chi connectivity index (χ2n) is 8.67. The van der Waals surface area contributed by atoms with E-state index in [0.29, 0.717) is 17.6 Å². The number of carbonyl (C=O) groups excluding carboxylic acids is 2. The first-order valence-electron chi connectivity index (χ1n) is 10.1. The number of carboxylic acids is 1. The molecule has 5 rings (SSSR count). The molecule has 1 saturated heterocycles. The molecule has 2 fully saturated rings.